The average Bonchev–Trinajstić information content (AvgIpc) is 2.81. The zero-order chi connectivity index (χ0) is 14.8. The third kappa shape index (κ3) is 3.94. The van der Waals surface area contributed by atoms with E-state index in [1.165, 1.54) is 12.1 Å². The maximum absolute atomic E-state index is 12.4. The third-order valence-corrected chi connectivity index (χ3v) is 3.61. The Morgan fingerprint density at radius 3 is 2.50 bits per heavy atom. The molecule has 1 aromatic rings. The molecule has 1 saturated heterocycles. The Balaban J connectivity index is 1.87. The number of nitrogens with one attached hydrogen (secondary N) is 1. The fourth-order valence-electron chi connectivity index (χ4n) is 2.39. The lowest BCUT2D eigenvalue weighted by Crippen LogP contribution is -2.34. The van der Waals surface area contributed by atoms with E-state index in [1.54, 1.807) is 0 Å². The first kappa shape index (κ1) is 15.3. The summed E-state index contributed by atoms with van der Waals surface area (Å²) >= 11 is 0. The Kier molecular flexibility index (Phi) is 4.67. The molecule has 0 bridgehead atoms. The van der Waals surface area contributed by atoms with Crippen molar-refractivity contribution in [2.45, 2.75) is 24.7 Å². The highest BCUT2D eigenvalue weighted by Crippen LogP contribution is 2.29. The zero-order valence-electron chi connectivity index (χ0n) is 11.3. The molecule has 2 unspecified atom stereocenters. The van der Waals surface area contributed by atoms with Gasteiger partial charge >= 0.3 is 6.18 Å². The van der Waals surface area contributed by atoms with Gasteiger partial charge in [-0.25, -0.2) is 0 Å². The van der Waals surface area contributed by atoms with Crippen molar-refractivity contribution in [3.63, 3.8) is 0 Å². The number of likely N-dealkylation sites (tertiary alicyclic amines) is 1. The molecule has 1 heterocycles. The van der Waals surface area contributed by atoms with Gasteiger partial charge in [-0.2, -0.15) is 13.2 Å². The minimum absolute atomic E-state index is 0.337. The Bertz CT molecular complexity index is 433. The molecule has 2 rings (SSSR count). The monoisotopic (exact) mass is 288 g/mol. The van der Waals surface area contributed by atoms with E-state index in [4.69, 9.17) is 0 Å². The summed E-state index contributed by atoms with van der Waals surface area (Å²) in [5.74, 6) is 0. The highest BCUT2D eigenvalue weighted by atomic mass is 19.4. The van der Waals surface area contributed by atoms with Crippen LogP contribution in [0.3, 0.4) is 0 Å². The largest absolute Gasteiger partial charge is 0.416 e. The van der Waals surface area contributed by atoms with Crippen molar-refractivity contribution in [2.75, 3.05) is 26.7 Å². The van der Waals surface area contributed by atoms with Crippen LogP contribution in [0.5, 0.6) is 0 Å². The summed E-state index contributed by atoms with van der Waals surface area (Å²) in [6, 6.07) is 5.00. The average molecular weight is 288 g/mol. The van der Waals surface area contributed by atoms with Gasteiger partial charge in [-0.15, -0.1) is 0 Å². The Morgan fingerprint density at radius 2 is 2.00 bits per heavy atom. The van der Waals surface area contributed by atoms with E-state index < -0.39 is 17.8 Å². The fourth-order valence-corrected chi connectivity index (χ4v) is 2.39. The van der Waals surface area contributed by atoms with Gasteiger partial charge in [-0.1, -0.05) is 12.1 Å². The molecule has 2 atom stereocenters. The number of benzene rings is 1. The summed E-state index contributed by atoms with van der Waals surface area (Å²) in [7, 11) is 2.04. The molecule has 3 nitrogen and oxygen atoms in total. The number of aliphatic hydroxyl groups is 1. The molecule has 6 heteroatoms. The summed E-state index contributed by atoms with van der Waals surface area (Å²) < 4.78 is 37.3. The second-order valence-electron chi connectivity index (χ2n) is 5.29. The van der Waals surface area contributed by atoms with Crippen molar-refractivity contribution in [1.82, 2.24) is 10.2 Å². The summed E-state index contributed by atoms with van der Waals surface area (Å²) in [5, 5.41) is 13.2. The minimum atomic E-state index is -4.34. The number of nitrogens with zero attached hydrogens (tertiary/aromatic N) is 1. The molecule has 0 saturated carbocycles. The smallest absolute Gasteiger partial charge is 0.387 e. The van der Waals surface area contributed by atoms with E-state index in [-0.39, 0.29) is 0 Å². The highest BCUT2D eigenvalue weighted by Gasteiger charge is 2.30. The molecule has 20 heavy (non-hydrogen) atoms. The number of halogens is 3. The van der Waals surface area contributed by atoms with Crippen LogP contribution in [0.25, 0.3) is 0 Å². The van der Waals surface area contributed by atoms with Gasteiger partial charge in [0.15, 0.2) is 0 Å². The maximum atomic E-state index is 12.4. The van der Waals surface area contributed by atoms with Crippen LogP contribution in [0.15, 0.2) is 24.3 Å². The summed E-state index contributed by atoms with van der Waals surface area (Å²) in [5.41, 5.74) is -0.198. The lowest BCUT2D eigenvalue weighted by molar-refractivity contribution is -0.137. The van der Waals surface area contributed by atoms with E-state index >= 15 is 0 Å². The van der Waals surface area contributed by atoms with Gasteiger partial charge in [-0.3, -0.25) is 0 Å². The quantitative estimate of drug-likeness (QED) is 0.890. The number of aliphatic hydroxyl groups excluding tert-OH is 1. The number of hydrogen-bond acceptors (Lipinski definition) is 3. The third-order valence-electron chi connectivity index (χ3n) is 3.61. The van der Waals surface area contributed by atoms with E-state index in [2.05, 4.69) is 10.2 Å². The van der Waals surface area contributed by atoms with Crippen LogP contribution < -0.4 is 5.32 Å². The Morgan fingerprint density at radius 1 is 1.35 bits per heavy atom. The van der Waals surface area contributed by atoms with Gasteiger partial charge in [0.2, 0.25) is 0 Å². The van der Waals surface area contributed by atoms with Gasteiger partial charge in [0.05, 0.1) is 11.7 Å². The van der Waals surface area contributed by atoms with Crippen LogP contribution in [0.1, 0.15) is 23.7 Å². The van der Waals surface area contributed by atoms with Gasteiger partial charge < -0.3 is 15.3 Å². The fraction of sp³-hybridized carbons (Fsp3) is 0.571. The lowest BCUT2D eigenvalue weighted by atomic mass is 10.1. The predicted octanol–water partition coefficient (Wildman–Crippen LogP) is 2.03. The van der Waals surface area contributed by atoms with Crippen LogP contribution in [0.2, 0.25) is 0 Å². The molecule has 1 aromatic carbocycles. The maximum Gasteiger partial charge on any atom is 0.416 e. The molecule has 112 valence electrons. The Labute approximate surface area is 116 Å². The van der Waals surface area contributed by atoms with Crippen LogP contribution in [-0.4, -0.2) is 42.7 Å². The SMILES string of the molecule is CN1CCC(NCC(O)c2ccc(C(F)(F)F)cc2)C1. The second kappa shape index (κ2) is 6.11. The van der Waals surface area contributed by atoms with Crippen molar-refractivity contribution < 1.29 is 18.3 Å². The zero-order valence-corrected chi connectivity index (χ0v) is 11.3. The molecule has 1 aliphatic heterocycles. The van der Waals surface area contributed by atoms with Crippen LogP contribution in [-0.2, 0) is 6.18 Å². The number of likely N-dealkylation sites (N-methyl/N-ethyl adjacent to an activating group) is 1. The minimum Gasteiger partial charge on any atom is -0.387 e. The molecular formula is C14H19F3N2O. The van der Waals surface area contributed by atoms with Gasteiger partial charge in [0.1, 0.15) is 0 Å². The van der Waals surface area contributed by atoms with Crippen molar-refractivity contribution in [3.05, 3.63) is 35.4 Å². The summed E-state index contributed by atoms with van der Waals surface area (Å²) in [6.45, 7) is 2.30. The molecule has 1 fully saturated rings. The number of rotatable bonds is 4. The summed E-state index contributed by atoms with van der Waals surface area (Å²) in [6.07, 6.45) is -4.10. The molecular weight excluding hydrogens is 269 g/mol. The van der Waals surface area contributed by atoms with Crippen molar-refractivity contribution in [3.8, 4) is 0 Å². The molecule has 1 aliphatic rings. The van der Waals surface area contributed by atoms with Crippen LogP contribution in [0, 0.1) is 0 Å². The number of hydrogen-bond donors (Lipinski definition) is 2. The first-order valence-electron chi connectivity index (χ1n) is 6.63. The van der Waals surface area contributed by atoms with Gasteiger partial charge in [0, 0.05) is 19.1 Å². The van der Waals surface area contributed by atoms with Crippen molar-refractivity contribution in [2.24, 2.45) is 0 Å². The first-order valence-corrected chi connectivity index (χ1v) is 6.63. The molecule has 0 amide bonds. The predicted molar refractivity (Wildman–Crippen MR) is 70.3 cm³/mol. The highest BCUT2D eigenvalue weighted by molar-refractivity contribution is 5.26. The standard InChI is InChI=1S/C14H19F3N2O/c1-19-7-6-12(9-19)18-8-13(20)10-2-4-11(5-3-10)14(15,16)17/h2-5,12-13,18,20H,6-9H2,1H3. The van der Waals surface area contributed by atoms with Crippen molar-refractivity contribution >= 4 is 0 Å². The Hall–Kier alpha value is -1.11. The topological polar surface area (TPSA) is 35.5 Å². The van der Waals surface area contributed by atoms with E-state index in [0.717, 1.165) is 31.6 Å². The number of alkyl halides is 3. The van der Waals surface area contributed by atoms with E-state index in [1.807, 2.05) is 7.05 Å². The second-order valence-corrected chi connectivity index (χ2v) is 5.29. The van der Waals surface area contributed by atoms with Gasteiger partial charge in [-0.05, 0) is 37.7 Å². The van der Waals surface area contributed by atoms with E-state index in [0.29, 0.717) is 18.2 Å². The normalized spacial score (nSPS) is 22.1. The molecule has 0 spiro atoms. The molecule has 2 N–H and O–H groups in total. The van der Waals surface area contributed by atoms with Gasteiger partial charge in [0.25, 0.3) is 0 Å². The molecule has 0 aliphatic carbocycles. The molecule has 0 radical (unpaired) electrons. The van der Waals surface area contributed by atoms with Crippen LogP contribution in [0.4, 0.5) is 13.2 Å². The van der Waals surface area contributed by atoms with Crippen LogP contribution >= 0.6 is 0 Å². The van der Waals surface area contributed by atoms with Crippen molar-refractivity contribution in [1.29, 1.82) is 0 Å². The lowest BCUT2D eigenvalue weighted by Gasteiger charge is -2.17. The molecule has 0 aromatic heterocycles. The van der Waals surface area contributed by atoms with E-state index in [9.17, 15) is 18.3 Å². The summed E-state index contributed by atoms with van der Waals surface area (Å²) in [4.78, 5) is 2.20. The first-order chi connectivity index (χ1) is 9.36.